The van der Waals surface area contributed by atoms with Crippen molar-refractivity contribution < 1.29 is 23.1 Å². The number of hydrogen-bond donors (Lipinski definition) is 1. The first kappa shape index (κ1) is 17.3. The first-order chi connectivity index (χ1) is 13.2. The Hall–Kier alpha value is -3.07. The molecule has 1 aliphatic heterocycles. The molecule has 2 aromatic carbocycles. The zero-order valence-corrected chi connectivity index (χ0v) is 14.8. The predicted octanol–water partition coefficient (Wildman–Crippen LogP) is 3.38. The van der Waals surface area contributed by atoms with E-state index in [1.165, 1.54) is 24.3 Å². The number of halogens is 1. The van der Waals surface area contributed by atoms with Gasteiger partial charge in [-0.25, -0.2) is 4.39 Å². The minimum Gasteiger partial charge on any atom is -0.486 e. The van der Waals surface area contributed by atoms with Gasteiger partial charge in [-0.15, -0.1) is 10.2 Å². The molecule has 4 rings (SSSR count). The van der Waals surface area contributed by atoms with Crippen LogP contribution in [-0.2, 0) is 4.79 Å². The zero-order valence-electron chi connectivity index (χ0n) is 14.0. The molecule has 1 aliphatic rings. The maximum Gasteiger partial charge on any atom is 0.277 e. The van der Waals surface area contributed by atoms with Crippen molar-refractivity contribution in [3.63, 3.8) is 0 Å². The summed E-state index contributed by atoms with van der Waals surface area (Å²) in [5, 5.41) is 10.9. The lowest BCUT2D eigenvalue weighted by atomic mass is 10.2. The number of thioether (sulfide) groups is 1. The Balaban J connectivity index is 1.36. The molecule has 1 amide bonds. The minimum absolute atomic E-state index is 0.0835. The minimum atomic E-state index is -0.361. The Morgan fingerprint density at radius 1 is 1.07 bits per heavy atom. The molecule has 1 aromatic heterocycles. The first-order valence-corrected chi connectivity index (χ1v) is 9.08. The van der Waals surface area contributed by atoms with Crippen LogP contribution in [0.4, 0.5) is 10.1 Å². The Bertz CT molecular complexity index is 961. The second-order valence-electron chi connectivity index (χ2n) is 5.58. The van der Waals surface area contributed by atoms with Crippen LogP contribution in [-0.4, -0.2) is 35.1 Å². The molecule has 7 nitrogen and oxygen atoms in total. The molecule has 0 aliphatic carbocycles. The summed E-state index contributed by atoms with van der Waals surface area (Å²) in [5.74, 6) is 1.10. The molecule has 9 heteroatoms. The SMILES string of the molecule is O=C(CSc1nnc(-c2ccc3c(c2)OCCO3)o1)Nc1ccc(F)cc1. The van der Waals surface area contributed by atoms with Crippen molar-refractivity contribution in [3.05, 3.63) is 48.3 Å². The summed E-state index contributed by atoms with van der Waals surface area (Å²) < 4.78 is 29.5. The van der Waals surface area contributed by atoms with E-state index in [-0.39, 0.29) is 22.7 Å². The summed E-state index contributed by atoms with van der Waals surface area (Å²) in [6, 6.07) is 10.9. The number of aromatic nitrogens is 2. The Kier molecular flexibility index (Phi) is 4.93. The summed E-state index contributed by atoms with van der Waals surface area (Å²) in [5.41, 5.74) is 1.22. The smallest absolute Gasteiger partial charge is 0.277 e. The van der Waals surface area contributed by atoms with Crippen LogP contribution < -0.4 is 14.8 Å². The number of hydrogen-bond acceptors (Lipinski definition) is 7. The monoisotopic (exact) mass is 387 g/mol. The highest BCUT2D eigenvalue weighted by atomic mass is 32.2. The van der Waals surface area contributed by atoms with Crippen LogP contribution in [0.3, 0.4) is 0 Å². The normalized spacial score (nSPS) is 12.6. The molecule has 27 heavy (non-hydrogen) atoms. The lowest BCUT2D eigenvalue weighted by Gasteiger charge is -2.18. The highest BCUT2D eigenvalue weighted by Crippen LogP contribution is 2.34. The average Bonchev–Trinajstić information content (AvgIpc) is 3.17. The fourth-order valence-electron chi connectivity index (χ4n) is 2.42. The van der Waals surface area contributed by atoms with Crippen molar-refractivity contribution in [1.82, 2.24) is 10.2 Å². The van der Waals surface area contributed by atoms with E-state index in [4.69, 9.17) is 13.9 Å². The van der Waals surface area contributed by atoms with Crippen LogP contribution in [0.25, 0.3) is 11.5 Å². The number of carbonyl (C=O) groups excluding carboxylic acids is 1. The number of nitrogens with one attached hydrogen (secondary N) is 1. The van der Waals surface area contributed by atoms with Crippen molar-refractivity contribution in [1.29, 1.82) is 0 Å². The topological polar surface area (TPSA) is 86.5 Å². The zero-order chi connectivity index (χ0) is 18.6. The molecule has 0 saturated heterocycles. The molecular weight excluding hydrogens is 373 g/mol. The van der Waals surface area contributed by atoms with Crippen LogP contribution in [0.15, 0.2) is 52.1 Å². The number of ether oxygens (including phenoxy) is 2. The molecule has 0 spiro atoms. The van der Waals surface area contributed by atoms with Gasteiger partial charge in [0.15, 0.2) is 11.5 Å². The second-order valence-corrected chi connectivity index (χ2v) is 6.50. The van der Waals surface area contributed by atoms with E-state index in [1.807, 2.05) is 0 Å². The van der Waals surface area contributed by atoms with Crippen LogP contribution in [0.1, 0.15) is 0 Å². The third-order valence-electron chi connectivity index (χ3n) is 3.65. The van der Waals surface area contributed by atoms with Gasteiger partial charge in [-0.2, -0.15) is 0 Å². The number of fused-ring (bicyclic) bond motifs is 1. The fourth-order valence-corrected chi connectivity index (χ4v) is 2.98. The summed E-state index contributed by atoms with van der Waals surface area (Å²) in [6.07, 6.45) is 0. The number of anilines is 1. The quantitative estimate of drug-likeness (QED) is 0.672. The van der Waals surface area contributed by atoms with Crippen LogP contribution in [0, 0.1) is 5.82 Å². The predicted molar refractivity (Wildman–Crippen MR) is 96.5 cm³/mol. The largest absolute Gasteiger partial charge is 0.486 e. The maximum absolute atomic E-state index is 12.9. The summed E-state index contributed by atoms with van der Waals surface area (Å²) in [7, 11) is 0. The lowest BCUT2D eigenvalue weighted by Crippen LogP contribution is -2.15. The van der Waals surface area contributed by atoms with Gasteiger partial charge in [-0.3, -0.25) is 4.79 Å². The maximum atomic E-state index is 12.9. The number of rotatable bonds is 5. The van der Waals surface area contributed by atoms with Crippen LogP contribution >= 0.6 is 11.8 Å². The van der Waals surface area contributed by atoms with E-state index in [0.717, 1.165) is 11.8 Å². The van der Waals surface area contributed by atoms with Gasteiger partial charge in [-0.1, -0.05) is 11.8 Å². The van der Waals surface area contributed by atoms with Gasteiger partial charge in [0, 0.05) is 11.3 Å². The second kappa shape index (κ2) is 7.67. The van der Waals surface area contributed by atoms with E-state index in [9.17, 15) is 9.18 Å². The van der Waals surface area contributed by atoms with Crippen molar-refractivity contribution in [2.75, 3.05) is 24.3 Å². The molecule has 0 unspecified atom stereocenters. The molecule has 0 saturated carbocycles. The molecule has 138 valence electrons. The number of carbonyl (C=O) groups is 1. The fraction of sp³-hybridized carbons (Fsp3) is 0.167. The van der Waals surface area contributed by atoms with Gasteiger partial charge >= 0.3 is 0 Å². The average molecular weight is 387 g/mol. The number of amides is 1. The molecule has 2 heterocycles. The van der Waals surface area contributed by atoms with E-state index < -0.39 is 0 Å². The third kappa shape index (κ3) is 4.20. The van der Waals surface area contributed by atoms with Gasteiger partial charge < -0.3 is 19.2 Å². The molecule has 0 fully saturated rings. The third-order valence-corrected chi connectivity index (χ3v) is 4.47. The van der Waals surface area contributed by atoms with Crippen LogP contribution in [0.2, 0.25) is 0 Å². The Morgan fingerprint density at radius 2 is 1.85 bits per heavy atom. The van der Waals surface area contributed by atoms with E-state index in [0.29, 0.717) is 41.9 Å². The van der Waals surface area contributed by atoms with Gasteiger partial charge in [0.1, 0.15) is 19.0 Å². The molecule has 0 radical (unpaired) electrons. The first-order valence-electron chi connectivity index (χ1n) is 8.09. The molecule has 0 bridgehead atoms. The van der Waals surface area contributed by atoms with Crippen LogP contribution in [0.5, 0.6) is 11.5 Å². The molecule has 1 N–H and O–H groups in total. The number of benzene rings is 2. The van der Waals surface area contributed by atoms with Gasteiger partial charge in [-0.05, 0) is 42.5 Å². The molecule has 0 atom stereocenters. The highest BCUT2D eigenvalue weighted by molar-refractivity contribution is 7.99. The van der Waals surface area contributed by atoms with E-state index >= 15 is 0 Å². The van der Waals surface area contributed by atoms with Crippen molar-refractivity contribution in [2.45, 2.75) is 5.22 Å². The highest BCUT2D eigenvalue weighted by Gasteiger charge is 2.16. The van der Waals surface area contributed by atoms with Crippen molar-refractivity contribution in [3.8, 4) is 23.0 Å². The summed E-state index contributed by atoms with van der Waals surface area (Å²) >= 11 is 1.11. The summed E-state index contributed by atoms with van der Waals surface area (Å²) in [6.45, 7) is 1.01. The summed E-state index contributed by atoms with van der Waals surface area (Å²) in [4.78, 5) is 12.0. The van der Waals surface area contributed by atoms with Gasteiger partial charge in [0.25, 0.3) is 5.22 Å². The van der Waals surface area contributed by atoms with Crippen molar-refractivity contribution in [2.24, 2.45) is 0 Å². The van der Waals surface area contributed by atoms with E-state index in [1.54, 1.807) is 18.2 Å². The molecular formula is C18H14FN3O4S. The standard InChI is InChI=1S/C18H14FN3O4S/c19-12-2-4-13(5-3-12)20-16(23)10-27-18-22-21-17(26-18)11-1-6-14-15(9-11)25-8-7-24-14/h1-6,9H,7-8,10H2,(H,20,23). The lowest BCUT2D eigenvalue weighted by molar-refractivity contribution is -0.113. The van der Waals surface area contributed by atoms with Gasteiger partial charge in [0.2, 0.25) is 11.8 Å². The Morgan fingerprint density at radius 3 is 2.67 bits per heavy atom. The Labute approximate surface area is 157 Å². The number of nitrogens with zero attached hydrogens (tertiary/aromatic N) is 2. The van der Waals surface area contributed by atoms with E-state index in [2.05, 4.69) is 15.5 Å². The van der Waals surface area contributed by atoms with Crippen molar-refractivity contribution >= 4 is 23.4 Å². The molecule has 3 aromatic rings. The van der Waals surface area contributed by atoms with Gasteiger partial charge in [0.05, 0.1) is 5.75 Å².